The van der Waals surface area contributed by atoms with Gasteiger partial charge in [-0.3, -0.25) is 5.32 Å². The van der Waals surface area contributed by atoms with Gasteiger partial charge in [0, 0.05) is 28.9 Å². The molecule has 3 atom stereocenters. The first kappa shape index (κ1) is 29.9. The highest BCUT2D eigenvalue weighted by Crippen LogP contribution is 2.43. The molecule has 220 valence electrons. The molecule has 0 saturated carbocycles. The summed E-state index contributed by atoms with van der Waals surface area (Å²) < 4.78 is 35.9. The Morgan fingerprint density at radius 3 is 2.60 bits per heavy atom. The molecule has 0 radical (unpaired) electrons. The largest absolute Gasteiger partial charge is 0.485 e. The second-order valence-corrected chi connectivity index (χ2v) is 13.4. The zero-order valence-electron chi connectivity index (χ0n) is 23.5. The van der Waals surface area contributed by atoms with Crippen LogP contribution in [-0.4, -0.2) is 48.1 Å². The molecule has 1 saturated heterocycles. The molecular weight excluding hydrogens is 574 g/mol. The number of nitriles is 1. The number of benzene rings is 3. The van der Waals surface area contributed by atoms with Crippen molar-refractivity contribution in [2.24, 2.45) is 4.99 Å². The van der Waals surface area contributed by atoms with Crippen molar-refractivity contribution in [1.82, 2.24) is 9.62 Å². The summed E-state index contributed by atoms with van der Waals surface area (Å²) in [4.78, 5) is 4.78. The minimum Gasteiger partial charge on any atom is -0.485 e. The van der Waals surface area contributed by atoms with Crippen LogP contribution in [0.5, 0.6) is 5.75 Å². The number of aliphatic hydroxyl groups excluding tert-OH is 1. The van der Waals surface area contributed by atoms with Gasteiger partial charge in [-0.2, -0.15) is 9.57 Å². The standard InChI is InChI=1S/C31H34ClN5O4S/c1-31(2)29(38)28(36-30(34-20-33)35-23-13-11-22(32)12-14-23)26-19-25(15-16-27(26)41-31)42(39,40)37-17-7-6-10-24(37)18-21-8-4-3-5-9-21/h3-5,8-9,11-16,19,24,28-29,38H,6-7,10,17-18H2,1-2H3,(H2,34,35,36). The number of ether oxygens (including phenoxy) is 1. The summed E-state index contributed by atoms with van der Waals surface area (Å²) in [6.07, 6.45) is 3.89. The lowest BCUT2D eigenvalue weighted by molar-refractivity contribution is -0.0568. The maximum Gasteiger partial charge on any atom is 0.243 e. The molecule has 0 aliphatic carbocycles. The molecule has 3 aromatic rings. The number of aliphatic hydroxyl groups is 1. The molecule has 5 rings (SSSR count). The van der Waals surface area contributed by atoms with Crippen molar-refractivity contribution in [3.8, 4) is 11.9 Å². The Kier molecular flexibility index (Phi) is 8.76. The van der Waals surface area contributed by atoms with Crippen molar-refractivity contribution >= 4 is 33.3 Å². The summed E-state index contributed by atoms with van der Waals surface area (Å²) in [5, 5.41) is 26.9. The lowest BCUT2D eigenvalue weighted by Crippen LogP contribution is -2.49. The summed E-state index contributed by atoms with van der Waals surface area (Å²) in [5.74, 6) is 0.500. The molecule has 2 aliphatic heterocycles. The fraction of sp³-hybridized carbons (Fsp3) is 0.355. The SMILES string of the molecule is CC1(C)Oc2ccc(S(=O)(=O)N3CCCCC3Cc3ccccc3)cc2C(N=C(NC#N)Nc2ccc(Cl)cc2)C1O. The molecule has 2 heterocycles. The third-order valence-electron chi connectivity index (χ3n) is 7.73. The zero-order chi connectivity index (χ0) is 29.9. The van der Waals surface area contributed by atoms with E-state index in [9.17, 15) is 18.8 Å². The van der Waals surface area contributed by atoms with E-state index in [-0.39, 0.29) is 16.9 Å². The van der Waals surface area contributed by atoms with Crippen LogP contribution in [0.25, 0.3) is 0 Å². The zero-order valence-corrected chi connectivity index (χ0v) is 25.1. The van der Waals surface area contributed by atoms with Crippen LogP contribution in [0.4, 0.5) is 5.69 Å². The number of nitrogens with zero attached hydrogens (tertiary/aromatic N) is 3. The Morgan fingerprint density at radius 1 is 1.14 bits per heavy atom. The summed E-state index contributed by atoms with van der Waals surface area (Å²) in [7, 11) is -3.87. The number of piperidine rings is 1. The van der Waals surface area contributed by atoms with E-state index in [0.29, 0.717) is 35.0 Å². The van der Waals surface area contributed by atoms with Crippen LogP contribution in [-0.2, 0) is 16.4 Å². The quantitative estimate of drug-likeness (QED) is 0.151. The Labute approximate surface area is 251 Å². The first-order valence-electron chi connectivity index (χ1n) is 13.9. The van der Waals surface area contributed by atoms with Gasteiger partial charge in [0.15, 0.2) is 6.19 Å². The maximum atomic E-state index is 14.1. The van der Waals surface area contributed by atoms with E-state index in [1.807, 2.05) is 36.5 Å². The Morgan fingerprint density at radius 2 is 1.88 bits per heavy atom. The van der Waals surface area contributed by atoms with Gasteiger partial charge in [-0.05, 0) is 81.1 Å². The van der Waals surface area contributed by atoms with Crippen LogP contribution in [0.15, 0.2) is 82.7 Å². The number of sulfonamides is 1. The molecule has 0 aromatic heterocycles. The normalized spacial score (nSPS) is 22.4. The highest BCUT2D eigenvalue weighted by Gasteiger charge is 2.44. The van der Waals surface area contributed by atoms with E-state index in [1.165, 1.54) is 6.07 Å². The van der Waals surface area contributed by atoms with Crippen LogP contribution in [0.2, 0.25) is 5.02 Å². The Balaban J connectivity index is 1.51. The van der Waals surface area contributed by atoms with Crippen LogP contribution >= 0.6 is 11.6 Å². The second-order valence-electron chi connectivity index (χ2n) is 11.1. The summed E-state index contributed by atoms with van der Waals surface area (Å²) >= 11 is 6.00. The molecule has 2 aliphatic rings. The second kappa shape index (κ2) is 12.3. The fourth-order valence-electron chi connectivity index (χ4n) is 5.52. The third kappa shape index (κ3) is 6.40. The number of guanidine groups is 1. The average Bonchev–Trinajstić information content (AvgIpc) is 2.97. The van der Waals surface area contributed by atoms with Gasteiger partial charge in [0.05, 0.1) is 4.90 Å². The Hall–Kier alpha value is -3.62. The number of halogens is 1. The molecule has 3 N–H and O–H groups in total. The van der Waals surface area contributed by atoms with Crippen LogP contribution < -0.4 is 15.4 Å². The van der Waals surface area contributed by atoms with Crippen molar-refractivity contribution in [2.45, 2.75) is 68.2 Å². The third-order valence-corrected chi connectivity index (χ3v) is 9.93. The lowest BCUT2D eigenvalue weighted by Gasteiger charge is -2.41. The van der Waals surface area contributed by atoms with E-state index < -0.39 is 27.8 Å². The predicted octanol–water partition coefficient (Wildman–Crippen LogP) is 5.24. The molecular formula is C31H34ClN5O4S. The minimum absolute atomic E-state index is 0.0831. The van der Waals surface area contributed by atoms with E-state index >= 15 is 0 Å². The molecule has 3 aromatic carbocycles. The molecule has 0 amide bonds. The lowest BCUT2D eigenvalue weighted by atomic mass is 9.87. The molecule has 42 heavy (non-hydrogen) atoms. The monoisotopic (exact) mass is 607 g/mol. The summed E-state index contributed by atoms with van der Waals surface area (Å²) in [6, 6.07) is 20.4. The number of nitrogens with one attached hydrogen (secondary N) is 2. The number of aliphatic imine (C=N–C) groups is 1. The van der Waals surface area contributed by atoms with Gasteiger partial charge in [-0.25, -0.2) is 13.4 Å². The summed E-state index contributed by atoms with van der Waals surface area (Å²) in [5.41, 5.74) is 1.09. The first-order valence-corrected chi connectivity index (χ1v) is 15.7. The number of hydrogen-bond acceptors (Lipinski definition) is 6. The molecule has 0 spiro atoms. The summed E-state index contributed by atoms with van der Waals surface area (Å²) in [6.45, 7) is 3.91. The molecule has 9 nitrogen and oxygen atoms in total. The maximum absolute atomic E-state index is 14.1. The number of rotatable bonds is 6. The van der Waals surface area contributed by atoms with Crippen molar-refractivity contribution < 1.29 is 18.3 Å². The van der Waals surface area contributed by atoms with Gasteiger partial charge < -0.3 is 15.2 Å². The van der Waals surface area contributed by atoms with Crippen molar-refractivity contribution in [1.29, 1.82) is 5.26 Å². The van der Waals surface area contributed by atoms with Crippen LogP contribution in [0.3, 0.4) is 0 Å². The van der Waals surface area contributed by atoms with Crippen molar-refractivity contribution in [3.63, 3.8) is 0 Å². The minimum atomic E-state index is -3.87. The molecule has 1 fully saturated rings. The van der Waals surface area contributed by atoms with Crippen LogP contribution in [0, 0.1) is 11.5 Å². The fourth-order valence-corrected chi connectivity index (χ4v) is 7.37. The highest BCUT2D eigenvalue weighted by molar-refractivity contribution is 7.89. The van der Waals surface area contributed by atoms with Crippen LogP contribution in [0.1, 0.15) is 50.3 Å². The van der Waals surface area contributed by atoms with E-state index in [2.05, 4.69) is 15.6 Å². The van der Waals surface area contributed by atoms with Gasteiger partial charge >= 0.3 is 0 Å². The number of hydrogen-bond donors (Lipinski definition) is 3. The van der Waals surface area contributed by atoms with Gasteiger partial charge in [0.25, 0.3) is 0 Å². The number of fused-ring (bicyclic) bond motifs is 1. The number of anilines is 1. The van der Waals surface area contributed by atoms with Gasteiger partial charge in [-0.1, -0.05) is 48.4 Å². The first-order chi connectivity index (χ1) is 20.1. The molecule has 3 unspecified atom stereocenters. The van der Waals surface area contributed by atoms with Gasteiger partial charge in [-0.15, -0.1) is 0 Å². The molecule has 0 bridgehead atoms. The van der Waals surface area contributed by atoms with E-state index in [4.69, 9.17) is 16.3 Å². The van der Waals surface area contributed by atoms with Crippen molar-refractivity contribution in [2.75, 3.05) is 11.9 Å². The van der Waals surface area contributed by atoms with Gasteiger partial charge in [0.1, 0.15) is 23.5 Å². The van der Waals surface area contributed by atoms with E-state index in [0.717, 1.165) is 24.8 Å². The molecule has 11 heteroatoms. The Bertz CT molecular complexity index is 1590. The predicted molar refractivity (Wildman–Crippen MR) is 163 cm³/mol. The smallest absolute Gasteiger partial charge is 0.243 e. The van der Waals surface area contributed by atoms with Crippen molar-refractivity contribution in [3.05, 3.63) is 88.9 Å². The highest BCUT2D eigenvalue weighted by atomic mass is 35.5. The topological polar surface area (TPSA) is 127 Å². The van der Waals surface area contributed by atoms with Gasteiger partial charge in [0.2, 0.25) is 16.0 Å². The average molecular weight is 608 g/mol. The van der Waals surface area contributed by atoms with E-state index in [1.54, 1.807) is 54.6 Å².